The fourth-order valence-corrected chi connectivity index (χ4v) is 1.52. The van der Waals surface area contributed by atoms with E-state index in [9.17, 15) is 14.7 Å². The molecule has 20 heavy (non-hydrogen) atoms. The van der Waals surface area contributed by atoms with Crippen LogP contribution in [0, 0.1) is 0 Å². The molecule has 6 heteroatoms. The number of carbonyl (C=O) groups is 2. The van der Waals surface area contributed by atoms with Crippen LogP contribution in [0.4, 0.5) is 0 Å². The van der Waals surface area contributed by atoms with Gasteiger partial charge in [0.25, 0.3) is 0 Å². The molecule has 0 fully saturated rings. The third-order valence-electron chi connectivity index (χ3n) is 2.11. The minimum atomic E-state index is -1.30. The van der Waals surface area contributed by atoms with Crippen molar-refractivity contribution in [3.05, 3.63) is 34.9 Å². The molecular weight excluding hydrogens is 262 g/mol. The van der Waals surface area contributed by atoms with Crippen molar-refractivity contribution in [2.45, 2.75) is 19.4 Å². The molecule has 112 valence electrons. The summed E-state index contributed by atoms with van der Waals surface area (Å²) < 4.78 is 0. The lowest BCUT2D eigenvalue weighted by Gasteiger charge is -2.10. The topological polar surface area (TPSA) is 98.1 Å². The maximum absolute atomic E-state index is 11.0. The second kappa shape index (κ2) is 8.29. The number of carboxylic acids is 2. The molecule has 0 bridgehead atoms. The third-order valence-corrected chi connectivity index (χ3v) is 2.11. The van der Waals surface area contributed by atoms with E-state index < -0.39 is 18.0 Å². The highest BCUT2D eigenvalue weighted by atomic mass is 16.4. The second-order valence-corrected chi connectivity index (χ2v) is 4.84. The molecule has 0 amide bonds. The molecule has 0 spiro atoms. The number of carboxylic acid groups (broad SMARTS) is 2. The maximum Gasteiger partial charge on any atom is 0.336 e. The first-order valence-corrected chi connectivity index (χ1v) is 6.04. The van der Waals surface area contributed by atoms with Crippen molar-refractivity contribution in [2.24, 2.45) is 0 Å². The van der Waals surface area contributed by atoms with Gasteiger partial charge in [-0.25, -0.2) is 9.59 Å². The Kier molecular flexibility index (Phi) is 7.49. The van der Waals surface area contributed by atoms with Crippen molar-refractivity contribution in [1.82, 2.24) is 4.90 Å². The first-order valence-electron chi connectivity index (χ1n) is 6.04. The van der Waals surface area contributed by atoms with Gasteiger partial charge in [-0.05, 0) is 46.1 Å². The van der Waals surface area contributed by atoms with Crippen LogP contribution < -0.4 is 0 Å². The van der Waals surface area contributed by atoms with Gasteiger partial charge in [-0.15, -0.1) is 0 Å². The zero-order chi connectivity index (χ0) is 15.9. The van der Waals surface area contributed by atoms with Gasteiger partial charge in [0, 0.05) is 0 Å². The average molecular weight is 283 g/mol. The van der Waals surface area contributed by atoms with Crippen LogP contribution in [-0.4, -0.2) is 59.4 Å². The van der Waals surface area contributed by atoms with Crippen LogP contribution in [-0.2, 0) is 6.42 Å². The molecule has 3 N–H and O–H groups in total. The summed E-state index contributed by atoms with van der Waals surface area (Å²) in [4.78, 5) is 23.8. The van der Waals surface area contributed by atoms with Crippen molar-refractivity contribution >= 4 is 11.9 Å². The molecular formula is C14H21NO5. The molecule has 0 saturated carbocycles. The highest BCUT2D eigenvalue weighted by molar-refractivity contribution is 6.02. The van der Waals surface area contributed by atoms with E-state index in [0.717, 1.165) is 0 Å². The zero-order valence-electron chi connectivity index (χ0n) is 12.1. The van der Waals surface area contributed by atoms with Crippen molar-refractivity contribution < 1.29 is 24.9 Å². The fraction of sp³-hybridized carbons (Fsp3) is 0.429. The Morgan fingerprint density at radius 2 is 1.65 bits per heavy atom. The highest BCUT2D eigenvalue weighted by Gasteiger charge is 2.20. The number of aromatic carboxylic acids is 2. The van der Waals surface area contributed by atoms with Gasteiger partial charge in [0.2, 0.25) is 0 Å². The summed E-state index contributed by atoms with van der Waals surface area (Å²) in [5.41, 5.74) is -0.191. The Bertz CT molecular complexity index is 466. The van der Waals surface area contributed by atoms with E-state index in [1.54, 1.807) is 0 Å². The Morgan fingerprint density at radius 1 is 1.15 bits per heavy atom. The Hall–Kier alpha value is -1.92. The number of benzene rings is 1. The monoisotopic (exact) mass is 283 g/mol. The third kappa shape index (κ3) is 6.31. The predicted octanol–water partition coefficient (Wildman–Crippen LogP) is 1.18. The van der Waals surface area contributed by atoms with Crippen molar-refractivity contribution in [1.29, 1.82) is 0 Å². The summed E-state index contributed by atoms with van der Waals surface area (Å²) in [5.74, 6) is -2.58. The molecule has 0 saturated heterocycles. The van der Waals surface area contributed by atoms with Gasteiger partial charge in [0.1, 0.15) is 0 Å². The van der Waals surface area contributed by atoms with Gasteiger partial charge in [-0.3, -0.25) is 0 Å². The molecule has 0 heterocycles. The van der Waals surface area contributed by atoms with Crippen LogP contribution in [0.1, 0.15) is 33.2 Å². The van der Waals surface area contributed by atoms with Crippen molar-refractivity contribution in [3.63, 3.8) is 0 Å². The Balaban J connectivity index is 0.000000796. The lowest BCUT2D eigenvalue weighted by Crippen LogP contribution is -2.14. The number of aliphatic hydroxyl groups excluding tert-OH is 1. The van der Waals surface area contributed by atoms with Gasteiger partial charge in [0.15, 0.2) is 0 Å². The van der Waals surface area contributed by atoms with E-state index in [2.05, 4.69) is 0 Å². The predicted molar refractivity (Wildman–Crippen MR) is 75.4 cm³/mol. The lowest BCUT2D eigenvalue weighted by atomic mass is 9.97. The minimum Gasteiger partial charge on any atom is -0.478 e. The van der Waals surface area contributed by atoms with Crippen LogP contribution in [0.5, 0.6) is 0 Å². The van der Waals surface area contributed by atoms with Crippen molar-refractivity contribution in [2.75, 3.05) is 21.1 Å². The summed E-state index contributed by atoms with van der Waals surface area (Å²) in [6, 6.07) is 4.20. The molecule has 0 aliphatic carbocycles. The maximum atomic E-state index is 11.0. The molecule has 0 aliphatic heterocycles. The van der Waals surface area contributed by atoms with E-state index in [1.165, 1.54) is 25.1 Å². The van der Waals surface area contributed by atoms with E-state index in [-0.39, 0.29) is 17.5 Å². The van der Waals surface area contributed by atoms with Crippen LogP contribution in [0.15, 0.2) is 18.2 Å². The largest absolute Gasteiger partial charge is 0.478 e. The van der Waals surface area contributed by atoms with Gasteiger partial charge >= 0.3 is 11.9 Å². The Morgan fingerprint density at radius 3 is 2.00 bits per heavy atom. The SMILES string of the molecule is CC(O)Cc1cccc(C(=O)O)c1C(=O)O.CN(C)C. The molecule has 0 aromatic heterocycles. The van der Waals surface area contributed by atoms with Gasteiger partial charge < -0.3 is 20.2 Å². The number of hydrogen-bond donors (Lipinski definition) is 3. The van der Waals surface area contributed by atoms with E-state index >= 15 is 0 Å². The van der Waals surface area contributed by atoms with E-state index in [1.807, 2.05) is 26.0 Å². The normalized spacial score (nSPS) is 11.5. The quantitative estimate of drug-likeness (QED) is 0.767. The van der Waals surface area contributed by atoms with Crippen LogP contribution in [0.2, 0.25) is 0 Å². The number of nitrogens with zero attached hydrogens (tertiary/aromatic N) is 1. The van der Waals surface area contributed by atoms with E-state index in [4.69, 9.17) is 10.2 Å². The lowest BCUT2D eigenvalue weighted by molar-refractivity contribution is 0.0649. The standard InChI is InChI=1S/C11H12O5.C3H9N/c1-6(12)5-7-3-2-4-8(10(13)14)9(7)11(15)16;1-4(2)3/h2-4,6,12H,5H2,1H3,(H,13,14)(H,15,16);1-3H3. The molecule has 0 radical (unpaired) electrons. The summed E-state index contributed by atoms with van der Waals surface area (Å²) in [6.45, 7) is 1.51. The zero-order valence-corrected chi connectivity index (χ0v) is 12.1. The minimum absolute atomic E-state index is 0.114. The fourth-order valence-electron chi connectivity index (χ4n) is 1.52. The summed E-state index contributed by atoms with van der Waals surface area (Å²) in [7, 11) is 6.00. The summed E-state index contributed by atoms with van der Waals surface area (Å²) in [6.07, 6.45) is -0.606. The second-order valence-electron chi connectivity index (χ2n) is 4.84. The summed E-state index contributed by atoms with van der Waals surface area (Å²) >= 11 is 0. The number of rotatable bonds is 4. The molecule has 1 atom stereocenters. The summed E-state index contributed by atoms with van der Waals surface area (Å²) in [5, 5.41) is 27.0. The molecule has 1 aromatic rings. The Labute approximate surface area is 118 Å². The van der Waals surface area contributed by atoms with Crippen LogP contribution >= 0.6 is 0 Å². The molecule has 0 aliphatic rings. The first-order chi connectivity index (χ1) is 9.16. The van der Waals surface area contributed by atoms with Crippen LogP contribution in [0.25, 0.3) is 0 Å². The molecule has 1 rings (SSSR count). The van der Waals surface area contributed by atoms with Crippen LogP contribution in [0.3, 0.4) is 0 Å². The van der Waals surface area contributed by atoms with Gasteiger partial charge in [-0.1, -0.05) is 12.1 Å². The number of aliphatic hydroxyl groups is 1. The molecule has 1 unspecified atom stereocenters. The smallest absolute Gasteiger partial charge is 0.336 e. The molecule has 1 aromatic carbocycles. The van der Waals surface area contributed by atoms with Gasteiger partial charge in [-0.2, -0.15) is 0 Å². The highest BCUT2D eigenvalue weighted by Crippen LogP contribution is 2.17. The van der Waals surface area contributed by atoms with Crippen molar-refractivity contribution in [3.8, 4) is 0 Å². The first kappa shape index (κ1) is 18.1. The molecule has 6 nitrogen and oxygen atoms in total. The number of hydrogen-bond acceptors (Lipinski definition) is 4. The average Bonchev–Trinajstić information content (AvgIpc) is 2.26. The van der Waals surface area contributed by atoms with E-state index in [0.29, 0.717) is 5.56 Å². The van der Waals surface area contributed by atoms with Gasteiger partial charge in [0.05, 0.1) is 17.2 Å².